The highest BCUT2D eigenvalue weighted by Crippen LogP contribution is 2.17. The summed E-state index contributed by atoms with van der Waals surface area (Å²) in [4.78, 5) is 2.32. The maximum Gasteiger partial charge on any atom is 0.187 e. The Morgan fingerprint density at radius 1 is 1.17 bits per heavy atom. The molecule has 5 heteroatoms. The SMILES string of the molecule is CCN(CC)c1ccc(/C=N/NC(=S)NC2CCCCC2)cc1. The van der Waals surface area contributed by atoms with Crippen LogP contribution in [0, 0.1) is 0 Å². The fourth-order valence-electron chi connectivity index (χ4n) is 2.99. The second kappa shape index (κ2) is 9.50. The second-order valence-electron chi connectivity index (χ2n) is 5.94. The summed E-state index contributed by atoms with van der Waals surface area (Å²) < 4.78 is 0. The van der Waals surface area contributed by atoms with Gasteiger partial charge in [0.15, 0.2) is 5.11 Å². The van der Waals surface area contributed by atoms with E-state index in [1.807, 2.05) is 0 Å². The Morgan fingerprint density at radius 2 is 1.83 bits per heavy atom. The number of rotatable bonds is 6. The summed E-state index contributed by atoms with van der Waals surface area (Å²) >= 11 is 5.29. The van der Waals surface area contributed by atoms with Gasteiger partial charge < -0.3 is 10.2 Å². The number of nitrogens with zero attached hydrogens (tertiary/aromatic N) is 2. The lowest BCUT2D eigenvalue weighted by molar-refractivity contribution is 0.412. The molecule has 0 heterocycles. The number of nitrogens with one attached hydrogen (secondary N) is 2. The summed E-state index contributed by atoms with van der Waals surface area (Å²) in [5.41, 5.74) is 5.23. The van der Waals surface area contributed by atoms with E-state index >= 15 is 0 Å². The Morgan fingerprint density at radius 3 is 2.43 bits per heavy atom. The minimum Gasteiger partial charge on any atom is -0.372 e. The maximum absolute atomic E-state index is 5.29. The van der Waals surface area contributed by atoms with Crippen LogP contribution in [0.25, 0.3) is 0 Å². The van der Waals surface area contributed by atoms with Gasteiger partial charge in [-0.1, -0.05) is 31.4 Å². The van der Waals surface area contributed by atoms with Gasteiger partial charge in [0.1, 0.15) is 0 Å². The highest BCUT2D eigenvalue weighted by atomic mass is 32.1. The van der Waals surface area contributed by atoms with E-state index in [4.69, 9.17) is 12.2 Å². The summed E-state index contributed by atoms with van der Waals surface area (Å²) in [6.07, 6.45) is 8.16. The third-order valence-corrected chi connectivity index (χ3v) is 4.55. The van der Waals surface area contributed by atoms with Crippen molar-refractivity contribution in [3.05, 3.63) is 29.8 Å². The monoisotopic (exact) mass is 332 g/mol. The van der Waals surface area contributed by atoms with Crippen LogP contribution in [0.4, 0.5) is 5.69 Å². The first-order chi connectivity index (χ1) is 11.2. The molecule has 0 unspecified atom stereocenters. The van der Waals surface area contributed by atoms with Gasteiger partial charge in [-0.2, -0.15) is 5.10 Å². The fraction of sp³-hybridized carbons (Fsp3) is 0.556. The number of thiocarbonyl (C=S) groups is 1. The summed E-state index contributed by atoms with van der Waals surface area (Å²) in [5.74, 6) is 0. The van der Waals surface area contributed by atoms with Crippen LogP contribution >= 0.6 is 12.2 Å². The van der Waals surface area contributed by atoms with Crippen LogP contribution in [0.15, 0.2) is 29.4 Å². The highest BCUT2D eigenvalue weighted by Gasteiger charge is 2.13. The standard InChI is InChI=1S/C18H28N4S/c1-3-22(4-2)17-12-10-15(11-13-17)14-19-21-18(23)20-16-8-6-5-7-9-16/h10-14,16H,3-9H2,1-2H3,(H2,20,21,23)/b19-14+. The lowest BCUT2D eigenvalue weighted by atomic mass is 9.96. The molecule has 0 aliphatic heterocycles. The number of benzene rings is 1. The summed E-state index contributed by atoms with van der Waals surface area (Å²) in [6, 6.07) is 8.93. The van der Waals surface area contributed by atoms with E-state index in [0.717, 1.165) is 18.7 Å². The van der Waals surface area contributed by atoms with Gasteiger partial charge in [-0.3, -0.25) is 5.43 Å². The van der Waals surface area contributed by atoms with E-state index < -0.39 is 0 Å². The van der Waals surface area contributed by atoms with Gasteiger partial charge >= 0.3 is 0 Å². The first kappa shape index (κ1) is 17.7. The molecule has 0 saturated heterocycles. The smallest absolute Gasteiger partial charge is 0.187 e. The van der Waals surface area contributed by atoms with Gasteiger partial charge in [0.25, 0.3) is 0 Å². The van der Waals surface area contributed by atoms with E-state index in [1.165, 1.54) is 37.8 Å². The zero-order valence-electron chi connectivity index (χ0n) is 14.2. The van der Waals surface area contributed by atoms with Gasteiger partial charge in [-0.05, 0) is 56.6 Å². The third-order valence-electron chi connectivity index (χ3n) is 4.34. The molecule has 1 aliphatic rings. The average molecular weight is 333 g/mol. The fourth-order valence-corrected chi connectivity index (χ4v) is 3.21. The lowest BCUT2D eigenvalue weighted by Crippen LogP contribution is -2.40. The van der Waals surface area contributed by atoms with Gasteiger partial charge in [-0.15, -0.1) is 0 Å². The molecule has 0 radical (unpaired) electrons. The van der Waals surface area contributed by atoms with E-state index in [2.05, 4.69) is 58.9 Å². The zero-order chi connectivity index (χ0) is 16.5. The van der Waals surface area contributed by atoms with Crippen molar-refractivity contribution < 1.29 is 0 Å². The summed E-state index contributed by atoms with van der Waals surface area (Å²) in [5, 5.41) is 8.19. The molecule has 1 fully saturated rings. The van der Waals surface area contributed by atoms with Crippen LogP contribution in [0.2, 0.25) is 0 Å². The molecular weight excluding hydrogens is 304 g/mol. The van der Waals surface area contributed by atoms with E-state index in [0.29, 0.717) is 11.2 Å². The summed E-state index contributed by atoms with van der Waals surface area (Å²) in [7, 11) is 0. The topological polar surface area (TPSA) is 39.7 Å². The molecule has 2 rings (SSSR count). The normalized spacial score (nSPS) is 15.6. The third kappa shape index (κ3) is 5.82. The Balaban J connectivity index is 1.79. The van der Waals surface area contributed by atoms with Crippen molar-refractivity contribution in [2.75, 3.05) is 18.0 Å². The average Bonchev–Trinajstić information content (AvgIpc) is 2.58. The molecule has 0 spiro atoms. The highest BCUT2D eigenvalue weighted by molar-refractivity contribution is 7.80. The van der Waals surface area contributed by atoms with Crippen molar-refractivity contribution in [2.45, 2.75) is 52.0 Å². The van der Waals surface area contributed by atoms with Crippen LogP contribution < -0.4 is 15.6 Å². The van der Waals surface area contributed by atoms with Crippen LogP contribution in [0.5, 0.6) is 0 Å². The van der Waals surface area contributed by atoms with E-state index in [9.17, 15) is 0 Å². The lowest BCUT2D eigenvalue weighted by Gasteiger charge is -2.23. The Bertz CT molecular complexity index is 502. The van der Waals surface area contributed by atoms with Crippen LogP contribution in [-0.2, 0) is 0 Å². The van der Waals surface area contributed by atoms with Crippen molar-refractivity contribution in [2.24, 2.45) is 5.10 Å². The zero-order valence-corrected chi connectivity index (χ0v) is 15.0. The Labute approximate surface area is 145 Å². The quantitative estimate of drug-likeness (QED) is 0.474. The summed E-state index contributed by atoms with van der Waals surface area (Å²) in [6.45, 7) is 6.38. The molecule has 1 aromatic rings. The van der Waals surface area contributed by atoms with Gasteiger partial charge in [0.2, 0.25) is 0 Å². The number of hydrogen-bond acceptors (Lipinski definition) is 3. The molecule has 1 saturated carbocycles. The molecular formula is C18H28N4S. The van der Waals surface area contributed by atoms with Crippen molar-refractivity contribution in [1.82, 2.24) is 10.7 Å². The molecule has 0 aromatic heterocycles. The Hall–Kier alpha value is -1.62. The van der Waals surface area contributed by atoms with Gasteiger partial charge in [-0.25, -0.2) is 0 Å². The first-order valence-corrected chi connectivity index (χ1v) is 9.08. The van der Waals surface area contributed by atoms with Crippen LogP contribution in [0.1, 0.15) is 51.5 Å². The minimum absolute atomic E-state index is 0.507. The van der Waals surface area contributed by atoms with Crippen molar-refractivity contribution in [3.63, 3.8) is 0 Å². The predicted molar refractivity (Wildman–Crippen MR) is 103 cm³/mol. The molecule has 1 aromatic carbocycles. The molecule has 0 atom stereocenters. The van der Waals surface area contributed by atoms with E-state index in [-0.39, 0.29) is 0 Å². The van der Waals surface area contributed by atoms with Crippen molar-refractivity contribution in [1.29, 1.82) is 0 Å². The molecule has 126 valence electrons. The maximum atomic E-state index is 5.29. The first-order valence-electron chi connectivity index (χ1n) is 8.67. The number of hydrazone groups is 1. The van der Waals surface area contributed by atoms with Gasteiger partial charge in [0.05, 0.1) is 6.21 Å². The van der Waals surface area contributed by atoms with Crippen LogP contribution in [-0.4, -0.2) is 30.5 Å². The molecule has 0 amide bonds. The predicted octanol–water partition coefficient (Wildman–Crippen LogP) is 3.66. The van der Waals surface area contributed by atoms with Crippen LogP contribution in [0.3, 0.4) is 0 Å². The molecule has 0 bridgehead atoms. The van der Waals surface area contributed by atoms with E-state index in [1.54, 1.807) is 6.21 Å². The largest absolute Gasteiger partial charge is 0.372 e. The second-order valence-corrected chi connectivity index (χ2v) is 6.35. The Kier molecular flexibility index (Phi) is 7.33. The minimum atomic E-state index is 0.507. The van der Waals surface area contributed by atoms with Crippen molar-refractivity contribution in [3.8, 4) is 0 Å². The number of hydrogen-bond donors (Lipinski definition) is 2. The molecule has 2 N–H and O–H groups in total. The molecule has 1 aliphatic carbocycles. The molecule has 4 nitrogen and oxygen atoms in total. The van der Waals surface area contributed by atoms with Gasteiger partial charge in [0, 0.05) is 24.8 Å². The van der Waals surface area contributed by atoms with Crippen molar-refractivity contribution >= 4 is 29.2 Å². The molecule has 23 heavy (non-hydrogen) atoms. The number of anilines is 1.